The maximum Gasteiger partial charge on any atom is 0.265 e. The molecule has 0 unspecified atom stereocenters. The van der Waals surface area contributed by atoms with E-state index >= 15 is 0 Å². The lowest BCUT2D eigenvalue weighted by molar-refractivity contribution is 0.591. The topological polar surface area (TPSA) is 63.2 Å². The second-order valence-electron chi connectivity index (χ2n) is 4.48. The maximum atomic E-state index is 12.7. The first-order valence-electron chi connectivity index (χ1n) is 6.33. The highest BCUT2D eigenvalue weighted by Gasteiger charge is 2.25. The molecule has 20 heavy (non-hydrogen) atoms. The molecule has 0 bridgehead atoms. The van der Waals surface area contributed by atoms with Crippen molar-refractivity contribution >= 4 is 15.7 Å². The summed E-state index contributed by atoms with van der Waals surface area (Å²) in [4.78, 5) is 8.31. The summed E-state index contributed by atoms with van der Waals surface area (Å²) in [7, 11) is -3.62. The molecular weight excluding hydrogens is 274 g/mol. The number of hydrogen-bond acceptors (Lipinski definition) is 4. The van der Waals surface area contributed by atoms with Crippen LogP contribution in [0.1, 0.15) is 18.2 Å². The van der Waals surface area contributed by atoms with Gasteiger partial charge in [-0.3, -0.25) is 14.3 Å². The van der Waals surface area contributed by atoms with Gasteiger partial charge in [-0.05, 0) is 44.5 Å². The number of aromatic nitrogens is 2. The predicted molar refractivity (Wildman–Crippen MR) is 78.2 cm³/mol. The van der Waals surface area contributed by atoms with Crippen LogP contribution in [0.3, 0.4) is 0 Å². The van der Waals surface area contributed by atoms with Gasteiger partial charge in [0.2, 0.25) is 0 Å². The van der Waals surface area contributed by atoms with Crippen molar-refractivity contribution in [2.75, 3.05) is 10.8 Å². The van der Waals surface area contributed by atoms with Crippen LogP contribution in [-0.4, -0.2) is 24.9 Å². The average Bonchev–Trinajstić information content (AvgIpc) is 2.41. The summed E-state index contributed by atoms with van der Waals surface area (Å²) in [6.45, 7) is 5.75. The molecule has 6 heteroatoms. The highest BCUT2D eigenvalue weighted by Crippen LogP contribution is 2.25. The maximum absolute atomic E-state index is 12.7. The van der Waals surface area contributed by atoms with Crippen molar-refractivity contribution in [3.05, 3.63) is 48.0 Å². The van der Waals surface area contributed by atoms with Crippen molar-refractivity contribution in [2.45, 2.75) is 25.7 Å². The summed E-state index contributed by atoms with van der Waals surface area (Å²) in [5.74, 6) is 0. The Balaban J connectivity index is 2.54. The fourth-order valence-electron chi connectivity index (χ4n) is 2.00. The molecule has 2 heterocycles. The quantitative estimate of drug-likeness (QED) is 0.867. The Labute approximate surface area is 119 Å². The zero-order valence-electron chi connectivity index (χ0n) is 11.7. The van der Waals surface area contributed by atoms with E-state index in [0.717, 1.165) is 5.56 Å². The zero-order chi connectivity index (χ0) is 14.8. The normalized spacial score (nSPS) is 11.3. The predicted octanol–water partition coefficient (Wildman–Crippen LogP) is 2.31. The molecular formula is C14H17N3O2S. The molecule has 0 aliphatic heterocycles. The summed E-state index contributed by atoms with van der Waals surface area (Å²) >= 11 is 0. The molecule has 0 atom stereocenters. The highest BCUT2D eigenvalue weighted by molar-refractivity contribution is 7.92. The van der Waals surface area contributed by atoms with Crippen LogP contribution >= 0.6 is 0 Å². The van der Waals surface area contributed by atoms with E-state index in [1.165, 1.54) is 10.5 Å². The Morgan fingerprint density at radius 1 is 1.25 bits per heavy atom. The van der Waals surface area contributed by atoms with Crippen LogP contribution in [0.15, 0.2) is 41.7 Å². The molecule has 0 aromatic carbocycles. The van der Waals surface area contributed by atoms with Gasteiger partial charge in [0.1, 0.15) is 4.90 Å². The number of hydrogen-bond donors (Lipinski definition) is 0. The number of aryl methyl sites for hydroxylation is 2. The molecule has 106 valence electrons. The third-order valence-electron chi connectivity index (χ3n) is 2.97. The molecule has 0 N–H and O–H groups in total. The van der Waals surface area contributed by atoms with Crippen molar-refractivity contribution in [3.63, 3.8) is 0 Å². The van der Waals surface area contributed by atoms with E-state index in [4.69, 9.17) is 0 Å². The molecule has 2 aromatic rings. The van der Waals surface area contributed by atoms with Crippen LogP contribution < -0.4 is 4.31 Å². The van der Waals surface area contributed by atoms with Gasteiger partial charge < -0.3 is 0 Å². The third-order valence-corrected chi connectivity index (χ3v) is 4.83. The van der Waals surface area contributed by atoms with Crippen molar-refractivity contribution in [1.82, 2.24) is 9.97 Å². The number of pyridine rings is 2. The smallest absolute Gasteiger partial charge is 0.265 e. The van der Waals surface area contributed by atoms with Crippen molar-refractivity contribution < 1.29 is 8.42 Å². The van der Waals surface area contributed by atoms with Crippen molar-refractivity contribution in [3.8, 4) is 0 Å². The van der Waals surface area contributed by atoms with Crippen LogP contribution in [0, 0.1) is 13.8 Å². The molecule has 0 aliphatic carbocycles. The molecule has 5 nitrogen and oxygen atoms in total. The van der Waals surface area contributed by atoms with Crippen LogP contribution in [-0.2, 0) is 10.0 Å². The van der Waals surface area contributed by atoms with Crippen LogP contribution in [0.2, 0.25) is 0 Å². The van der Waals surface area contributed by atoms with Gasteiger partial charge in [0.25, 0.3) is 10.0 Å². The highest BCUT2D eigenvalue weighted by atomic mass is 32.2. The van der Waals surface area contributed by atoms with Crippen LogP contribution in [0.5, 0.6) is 0 Å². The van der Waals surface area contributed by atoms with E-state index in [-0.39, 0.29) is 4.90 Å². The molecule has 2 rings (SSSR count). The van der Waals surface area contributed by atoms with Gasteiger partial charge in [0.15, 0.2) is 0 Å². The Hall–Kier alpha value is -1.95. The first-order chi connectivity index (χ1) is 9.46. The van der Waals surface area contributed by atoms with E-state index in [9.17, 15) is 8.42 Å². The molecule has 0 fully saturated rings. The standard InChI is InChI=1S/C14H17N3O2S/c1-4-17(14-6-5-7-16-12(14)3)20(18,19)13-8-11(2)9-15-10-13/h5-10H,4H2,1-3H3. The lowest BCUT2D eigenvalue weighted by Gasteiger charge is -2.23. The fraction of sp³-hybridized carbons (Fsp3) is 0.286. The lowest BCUT2D eigenvalue weighted by Crippen LogP contribution is -2.31. The van der Waals surface area contributed by atoms with Crippen molar-refractivity contribution in [2.24, 2.45) is 0 Å². The molecule has 0 saturated heterocycles. The van der Waals surface area contributed by atoms with Gasteiger partial charge in [-0.2, -0.15) is 0 Å². The third kappa shape index (κ3) is 2.65. The van der Waals surface area contributed by atoms with E-state index < -0.39 is 10.0 Å². The Bertz CT molecular complexity index is 714. The van der Waals surface area contributed by atoms with E-state index in [2.05, 4.69) is 9.97 Å². The monoisotopic (exact) mass is 291 g/mol. The largest absolute Gasteiger partial charge is 0.265 e. The molecule has 0 amide bonds. The minimum atomic E-state index is -3.62. The molecule has 0 spiro atoms. The lowest BCUT2D eigenvalue weighted by atomic mass is 10.3. The van der Waals surface area contributed by atoms with Gasteiger partial charge in [0.05, 0.1) is 11.4 Å². The SMILES string of the molecule is CCN(c1cccnc1C)S(=O)(=O)c1cncc(C)c1. The van der Waals surface area contributed by atoms with E-state index in [1.807, 2.05) is 6.92 Å². The second kappa shape index (κ2) is 5.58. The second-order valence-corrected chi connectivity index (χ2v) is 6.34. The Kier molecular flexibility index (Phi) is 4.04. The van der Waals surface area contributed by atoms with Gasteiger partial charge in [-0.25, -0.2) is 8.42 Å². The average molecular weight is 291 g/mol. The number of nitrogens with zero attached hydrogens (tertiary/aromatic N) is 3. The Morgan fingerprint density at radius 2 is 2.00 bits per heavy atom. The first-order valence-corrected chi connectivity index (χ1v) is 7.77. The summed E-state index contributed by atoms with van der Waals surface area (Å²) < 4.78 is 26.8. The summed E-state index contributed by atoms with van der Waals surface area (Å²) in [5, 5.41) is 0. The fourth-order valence-corrected chi connectivity index (χ4v) is 3.58. The minimum Gasteiger partial charge on any atom is -0.265 e. The first kappa shape index (κ1) is 14.5. The van der Waals surface area contributed by atoms with Gasteiger partial charge in [0, 0.05) is 25.1 Å². The molecule has 0 radical (unpaired) electrons. The summed E-state index contributed by atoms with van der Waals surface area (Å²) in [6, 6.07) is 5.11. The van der Waals surface area contributed by atoms with Gasteiger partial charge >= 0.3 is 0 Å². The Morgan fingerprint density at radius 3 is 2.60 bits per heavy atom. The van der Waals surface area contributed by atoms with Crippen molar-refractivity contribution in [1.29, 1.82) is 0 Å². The number of sulfonamides is 1. The molecule has 0 saturated carbocycles. The van der Waals surface area contributed by atoms with Gasteiger partial charge in [-0.1, -0.05) is 0 Å². The van der Waals surface area contributed by atoms with Gasteiger partial charge in [-0.15, -0.1) is 0 Å². The van der Waals surface area contributed by atoms with E-state index in [0.29, 0.717) is 17.9 Å². The van der Waals surface area contributed by atoms with E-state index in [1.54, 1.807) is 44.4 Å². The number of rotatable bonds is 4. The summed E-state index contributed by atoms with van der Waals surface area (Å²) in [6.07, 6.45) is 4.65. The van der Waals surface area contributed by atoms with Crippen LogP contribution in [0.25, 0.3) is 0 Å². The minimum absolute atomic E-state index is 0.197. The number of anilines is 1. The van der Waals surface area contributed by atoms with Crippen LogP contribution in [0.4, 0.5) is 5.69 Å². The molecule has 2 aromatic heterocycles. The summed E-state index contributed by atoms with van der Waals surface area (Å²) in [5.41, 5.74) is 2.08. The molecule has 0 aliphatic rings. The zero-order valence-corrected chi connectivity index (χ0v) is 12.6.